The molecule has 6 nitrogen and oxygen atoms in total. The van der Waals surface area contributed by atoms with E-state index >= 15 is 0 Å². The molecule has 7 heteroatoms. The summed E-state index contributed by atoms with van der Waals surface area (Å²) < 4.78 is 34.0. The Bertz CT molecular complexity index is 595. The van der Waals surface area contributed by atoms with Crippen molar-refractivity contribution >= 4 is 10.0 Å². The normalized spacial score (nSPS) is 16.9. The van der Waals surface area contributed by atoms with Gasteiger partial charge in [-0.25, -0.2) is 13.6 Å². The van der Waals surface area contributed by atoms with E-state index in [4.69, 9.17) is 14.6 Å². The van der Waals surface area contributed by atoms with Gasteiger partial charge in [0.05, 0.1) is 18.1 Å². The first-order chi connectivity index (χ1) is 9.89. The van der Waals surface area contributed by atoms with Gasteiger partial charge in [0.2, 0.25) is 10.0 Å². The molecule has 1 aliphatic heterocycles. The minimum Gasteiger partial charge on any atom is -0.492 e. The molecule has 1 aromatic carbocycles. The van der Waals surface area contributed by atoms with Gasteiger partial charge in [-0.15, -0.1) is 0 Å². The van der Waals surface area contributed by atoms with Crippen molar-refractivity contribution in [2.45, 2.75) is 18.7 Å². The van der Waals surface area contributed by atoms with E-state index in [2.05, 4.69) is 4.90 Å². The van der Waals surface area contributed by atoms with Crippen LogP contribution in [0.1, 0.15) is 11.1 Å². The molecule has 0 aliphatic carbocycles. The van der Waals surface area contributed by atoms with E-state index in [1.54, 1.807) is 13.0 Å². The SMILES string of the molecule is Cc1c(OCCN2CCOCC2)ccc(S(N)(=O)=O)c1C. The summed E-state index contributed by atoms with van der Waals surface area (Å²) in [6.45, 7) is 8.35. The highest BCUT2D eigenvalue weighted by Crippen LogP contribution is 2.26. The predicted octanol–water partition coefficient (Wildman–Crippen LogP) is 0.662. The highest BCUT2D eigenvalue weighted by molar-refractivity contribution is 7.89. The quantitative estimate of drug-likeness (QED) is 0.863. The molecule has 0 spiro atoms. The van der Waals surface area contributed by atoms with E-state index in [1.165, 1.54) is 6.07 Å². The second-order valence-electron chi connectivity index (χ2n) is 5.16. The summed E-state index contributed by atoms with van der Waals surface area (Å²) in [4.78, 5) is 2.44. The first-order valence-electron chi connectivity index (χ1n) is 6.95. The largest absolute Gasteiger partial charge is 0.492 e. The molecule has 118 valence electrons. The fourth-order valence-corrected chi connectivity index (χ4v) is 3.18. The number of benzene rings is 1. The van der Waals surface area contributed by atoms with Crippen LogP contribution >= 0.6 is 0 Å². The Morgan fingerprint density at radius 3 is 2.52 bits per heavy atom. The van der Waals surface area contributed by atoms with Crippen molar-refractivity contribution in [3.05, 3.63) is 23.3 Å². The Morgan fingerprint density at radius 1 is 1.24 bits per heavy atom. The Labute approximate surface area is 125 Å². The zero-order valence-corrected chi connectivity index (χ0v) is 13.3. The van der Waals surface area contributed by atoms with E-state index < -0.39 is 10.0 Å². The van der Waals surface area contributed by atoms with Crippen LogP contribution in [0.15, 0.2) is 17.0 Å². The van der Waals surface area contributed by atoms with E-state index in [-0.39, 0.29) is 4.90 Å². The molecule has 0 radical (unpaired) electrons. The maximum absolute atomic E-state index is 11.5. The third kappa shape index (κ3) is 4.16. The van der Waals surface area contributed by atoms with E-state index in [9.17, 15) is 8.42 Å². The topological polar surface area (TPSA) is 81.9 Å². The van der Waals surface area contributed by atoms with Gasteiger partial charge in [0.15, 0.2) is 0 Å². The Kier molecular flexibility index (Phi) is 5.21. The van der Waals surface area contributed by atoms with Crippen LogP contribution < -0.4 is 9.88 Å². The van der Waals surface area contributed by atoms with Crippen molar-refractivity contribution in [3.63, 3.8) is 0 Å². The summed E-state index contributed by atoms with van der Waals surface area (Å²) in [5.74, 6) is 0.702. The van der Waals surface area contributed by atoms with Crippen molar-refractivity contribution in [2.75, 3.05) is 39.5 Å². The number of ether oxygens (including phenoxy) is 2. The summed E-state index contributed by atoms with van der Waals surface area (Å²) in [6, 6.07) is 3.17. The lowest BCUT2D eigenvalue weighted by Gasteiger charge is -2.26. The smallest absolute Gasteiger partial charge is 0.238 e. The molecule has 0 saturated carbocycles. The number of sulfonamides is 1. The molecule has 0 aromatic heterocycles. The van der Waals surface area contributed by atoms with Gasteiger partial charge in [-0.1, -0.05) is 0 Å². The van der Waals surface area contributed by atoms with Gasteiger partial charge in [0, 0.05) is 19.6 Å². The molecule has 1 saturated heterocycles. The van der Waals surface area contributed by atoms with E-state index in [0.717, 1.165) is 38.4 Å². The number of primary sulfonamides is 1. The minimum absolute atomic E-state index is 0.153. The standard InChI is InChI=1S/C14H22N2O4S/c1-11-12(2)14(21(15,17)18)4-3-13(11)20-10-7-16-5-8-19-9-6-16/h3-4H,5-10H2,1-2H3,(H2,15,17,18). The van der Waals surface area contributed by atoms with Crippen molar-refractivity contribution in [3.8, 4) is 5.75 Å². The first kappa shape index (κ1) is 16.2. The second kappa shape index (κ2) is 6.74. The number of hydrogen-bond donors (Lipinski definition) is 1. The van der Waals surface area contributed by atoms with Crippen molar-refractivity contribution in [1.29, 1.82) is 0 Å². The van der Waals surface area contributed by atoms with Gasteiger partial charge in [-0.3, -0.25) is 4.90 Å². The average molecular weight is 314 g/mol. The van der Waals surface area contributed by atoms with Crippen LogP contribution in [0.5, 0.6) is 5.75 Å². The fourth-order valence-electron chi connectivity index (χ4n) is 2.35. The lowest BCUT2D eigenvalue weighted by Crippen LogP contribution is -2.38. The van der Waals surface area contributed by atoms with Gasteiger partial charge in [0.25, 0.3) is 0 Å². The molecule has 0 bridgehead atoms. The molecule has 1 aromatic rings. The maximum Gasteiger partial charge on any atom is 0.238 e. The molecule has 0 unspecified atom stereocenters. The van der Waals surface area contributed by atoms with Crippen LogP contribution in [0.4, 0.5) is 0 Å². The van der Waals surface area contributed by atoms with Gasteiger partial charge in [0.1, 0.15) is 12.4 Å². The minimum atomic E-state index is -3.69. The lowest BCUT2D eigenvalue weighted by atomic mass is 10.1. The molecule has 21 heavy (non-hydrogen) atoms. The summed E-state index contributed by atoms with van der Waals surface area (Å²) in [7, 11) is -3.69. The van der Waals surface area contributed by atoms with Gasteiger partial charge < -0.3 is 9.47 Å². The zero-order valence-electron chi connectivity index (χ0n) is 12.5. The number of nitrogens with two attached hydrogens (primary N) is 1. The molecular weight excluding hydrogens is 292 g/mol. The van der Waals surface area contributed by atoms with Gasteiger partial charge >= 0.3 is 0 Å². The third-order valence-electron chi connectivity index (χ3n) is 3.76. The van der Waals surface area contributed by atoms with Crippen LogP contribution in [-0.2, 0) is 14.8 Å². The number of hydrogen-bond acceptors (Lipinski definition) is 5. The molecule has 1 aliphatic rings. The van der Waals surface area contributed by atoms with Gasteiger partial charge in [-0.05, 0) is 37.1 Å². The lowest BCUT2D eigenvalue weighted by molar-refractivity contribution is 0.0322. The Hall–Kier alpha value is -1.15. The summed E-state index contributed by atoms with van der Waals surface area (Å²) in [6.07, 6.45) is 0. The van der Waals surface area contributed by atoms with Crippen LogP contribution in [0, 0.1) is 13.8 Å². The molecule has 1 heterocycles. The first-order valence-corrected chi connectivity index (χ1v) is 8.50. The van der Waals surface area contributed by atoms with Crippen molar-refractivity contribution in [2.24, 2.45) is 5.14 Å². The third-order valence-corrected chi connectivity index (χ3v) is 4.82. The number of rotatable bonds is 5. The van der Waals surface area contributed by atoms with Crippen LogP contribution in [-0.4, -0.2) is 52.8 Å². The Balaban J connectivity index is 1.99. The molecule has 1 fully saturated rings. The average Bonchev–Trinajstić information content (AvgIpc) is 2.43. The van der Waals surface area contributed by atoms with Crippen LogP contribution in [0.2, 0.25) is 0 Å². The van der Waals surface area contributed by atoms with E-state index in [0.29, 0.717) is 17.9 Å². The molecule has 2 rings (SSSR count). The monoisotopic (exact) mass is 314 g/mol. The highest BCUT2D eigenvalue weighted by Gasteiger charge is 2.16. The van der Waals surface area contributed by atoms with Crippen LogP contribution in [0.3, 0.4) is 0 Å². The van der Waals surface area contributed by atoms with Crippen molar-refractivity contribution in [1.82, 2.24) is 4.90 Å². The number of nitrogens with zero attached hydrogens (tertiary/aromatic N) is 1. The number of morpholine rings is 1. The zero-order chi connectivity index (χ0) is 15.5. The molecular formula is C14H22N2O4S. The molecule has 0 amide bonds. The second-order valence-corrected chi connectivity index (χ2v) is 6.69. The van der Waals surface area contributed by atoms with Gasteiger partial charge in [-0.2, -0.15) is 0 Å². The molecule has 0 atom stereocenters. The molecule has 2 N–H and O–H groups in total. The summed E-state index contributed by atoms with van der Waals surface area (Å²) >= 11 is 0. The van der Waals surface area contributed by atoms with Crippen LogP contribution in [0.25, 0.3) is 0 Å². The fraction of sp³-hybridized carbons (Fsp3) is 0.571. The predicted molar refractivity (Wildman–Crippen MR) is 80.0 cm³/mol. The summed E-state index contributed by atoms with van der Waals surface area (Å²) in [5.41, 5.74) is 1.45. The summed E-state index contributed by atoms with van der Waals surface area (Å²) in [5, 5.41) is 5.19. The Morgan fingerprint density at radius 2 is 1.90 bits per heavy atom. The maximum atomic E-state index is 11.5. The van der Waals surface area contributed by atoms with Crippen molar-refractivity contribution < 1.29 is 17.9 Å². The van der Waals surface area contributed by atoms with E-state index in [1.807, 2.05) is 6.92 Å². The highest BCUT2D eigenvalue weighted by atomic mass is 32.2.